The summed E-state index contributed by atoms with van der Waals surface area (Å²) in [6, 6.07) is 12.6. The molecule has 4 heterocycles. The van der Waals surface area contributed by atoms with Crippen LogP contribution in [0.25, 0.3) is 16.6 Å². The minimum absolute atomic E-state index is 0.101. The Bertz CT molecular complexity index is 1840. The van der Waals surface area contributed by atoms with Gasteiger partial charge in [-0.2, -0.15) is 5.10 Å². The number of pyridine rings is 1. The molecule has 11 nitrogen and oxygen atoms in total. The molecule has 0 bridgehead atoms. The van der Waals surface area contributed by atoms with Crippen molar-refractivity contribution in [2.45, 2.75) is 32.7 Å². The summed E-state index contributed by atoms with van der Waals surface area (Å²) in [5.74, 6) is 0.571. The Morgan fingerprint density at radius 2 is 2.00 bits per heavy atom. The number of carbonyl (C=O) groups excluding carboxylic acids is 1. The fourth-order valence-corrected chi connectivity index (χ4v) is 5.09. The molecule has 1 atom stereocenters. The minimum Gasteiger partial charge on any atom is -0.492 e. The fourth-order valence-electron chi connectivity index (χ4n) is 5.09. The van der Waals surface area contributed by atoms with Gasteiger partial charge in [-0.15, -0.1) is 0 Å². The highest BCUT2D eigenvalue weighted by Crippen LogP contribution is 2.35. The van der Waals surface area contributed by atoms with Crippen molar-refractivity contribution in [2.75, 3.05) is 30.8 Å². The summed E-state index contributed by atoms with van der Waals surface area (Å²) in [4.78, 5) is 27.9. The Hall–Kier alpha value is -5.10. The Kier molecular flexibility index (Phi) is 7.84. The quantitative estimate of drug-likeness (QED) is 0.208. The van der Waals surface area contributed by atoms with E-state index in [0.29, 0.717) is 51.9 Å². The maximum Gasteiger partial charge on any atom is 0.284 e. The summed E-state index contributed by atoms with van der Waals surface area (Å²) in [6.07, 6.45) is 7.89. The molecule has 0 unspecified atom stereocenters. The molecule has 0 radical (unpaired) electrons. The van der Waals surface area contributed by atoms with Crippen LogP contribution in [0, 0.1) is 6.92 Å². The number of fused-ring (bicyclic) bond motifs is 2. The zero-order valence-corrected chi connectivity index (χ0v) is 24.0. The lowest BCUT2D eigenvalue weighted by atomic mass is 10.1. The molecule has 0 saturated carbocycles. The first-order valence-corrected chi connectivity index (χ1v) is 14.0. The Morgan fingerprint density at radius 1 is 1.12 bits per heavy atom. The van der Waals surface area contributed by atoms with E-state index in [4.69, 9.17) is 9.47 Å². The molecule has 43 heavy (non-hydrogen) atoms. The number of hydrogen-bond acceptors (Lipinski definition) is 9. The second-order valence-electron chi connectivity index (χ2n) is 10.3. The SMILES string of the molecule is CCOc1cc2ncnc(Nc3ccc(Oc4ccn5ncnc5c4)c(C)c3)c2cc1NC(=O)/C(F)=C\[C@@H]1CCCN1C. The van der Waals surface area contributed by atoms with Gasteiger partial charge in [0, 0.05) is 35.4 Å². The number of anilines is 3. The zero-order chi connectivity index (χ0) is 29.9. The molecule has 1 aliphatic rings. The first kappa shape index (κ1) is 28.0. The second-order valence-corrected chi connectivity index (χ2v) is 10.3. The van der Waals surface area contributed by atoms with Crippen LogP contribution in [0.4, 0.5) is 21.6 Å². The zero-order valence-electron chi connectivity index (χ0n) is 24.0. The van der Waals surface area contributed by atoms with Gasteiger partial charge in [0.05, 0.1) is 17.8 Å². The van der Waals surface area contributed by atoms with Gasteiger partial charge in [-0.05, 0) is 82.3 Å². The number of ether oxygens (including phenoxy) is 2. The molecule has 2 aromatic carbocycles. The van der Waals surface area contributed by atoms with Crippen LogP contribution in [-0.4, -0.2) is 61.6 Å². The molecule has 1 aliphatic heterocycles. The molecule has 3 aromatic heterocycles. The highest BCUT2D eigenvalue weighted by molar-refractivity contribution is 6.05. The van der Waals surface area contributed by atoms with Crippen LogP contribution in [0.5, 0.6) is 17.2 Å². The van der Waals surface area contributed by atoms with Crippen LogP contribution >= 0.6 is 0 Å². The lowest BCUT2D eigenvalue weighted by Gasteiger charge is -2.16. The van der Waals surface area contributed by atoms with Crippen molar-refractivity contribution in [3.8, 4) is 17.2 Å². The van der Waals surface area contributed by atoms with Crippen molar-refractivity contribution >= 4 is 39.6 Å². The maximum absolute atomic E-state index is 14.9. The first-order chi connectivity index (χ1) is 20.9. The third kappa shape index (κ3) is 6.09. The van der Waals surface area contributed by atoms with Crippen molar-refractivity contribution in [2.24, 2.45) is 0 Å². The number of nitrogens with one attached hydrogen (secondary N) is 2. The Balaban J connectivity index is 1.25. The molecule has 1 amide bonds. The molecule has 0 spiro atoms. The monoisotopic (exact) mass is 582 g/mol. The third-order valence-corrected chi connectivity index (χ3v) is 7.33. The predicted octanol–water partition coefficient (Wildman–Crippen LogP) is 5.80. The first-order valence-electron chi connectivity index (χ1n) is 14.0. The van der Waals surface area contributed by atoms with Gasteiger partial charge in [0.25, 0.3) is 5.91 Å². The number of carbonyl (C=O) groups is 1. The fraction of sp³-hybridized carbons (Fsp3) is 0.258. The molecule has 1 fully saturated rings. The number of likely N-dealkylation sites (tertiary alicyclic amines) is 1. The number of halogens is 1. The molecule has 0 aliphatic carbocycles. The van der Waals surface area contributed by atoms with E-state index in [1.54, 1.807) is 22.8 Å². The van der Waals surface area contributed by atoms with Crippen molar-refractivity contribution in [1.82, 2.24) is 29.5 Å². The predicted molar refractivity (Wildman–Crippen MR) is 162 cm³/mol. The maximum atomic E-state index is 14.9. The number of aromatic nitrogens is 5. The lowest BCUT2D eigenvalue weighted by molar-refractivity contribution is -0.114. The molecular formula is C31H31FN8O3. The number of hydrogen-bond donors (Lipinski definition) is 2. The lowest BCUT2D eigenvalue weighted by Crippen LogP contribution is -2.24. The molecule has 6 rings (SSSR count). The third-order valence-electron chi connectivity index (χ3n) is 7.33. The van der Waals surface area contributed by atoms with Crippen LogP contribution in [0.1, 0.15) is 25.3 Å². The van der Waals surface area contributed by atoms with Gasteiger partial charge in [0.15, 0.2) is 11.5 Å². The summed E-state index contributed by atoms with van der Waals surface area (Å²) in [5, 5.41) is 10.7. The van der Waals surface area contributed by atoms with Gasteiger partial charge < -0.3 is 20.1 Å². The van der Waals surface area contributed by atoms with Crippen LogP contribution in [-0.2, 0) is 4.79 Å². The van der Waals surface area contributed by atoms with Gasteiger partial charge in [0.1, 0.15) is 35.7 Å². The molecule has 2 N–H and O–H groups in total. The minimum atomic E-state index is -0.832. The number of rotatable bonds is 9. The highest BCUT2D eigenvalue weighted by atomic mass is 19.1. The van der Waals surface area contributed by atoms with E-state index in [2.05, 4.69) is 30.7 Å². The summed E-state index contributed by atoms with van der Waals surface area (Å²) in [6.45, 7) is 5.01. The van der Waals surface area contributed by atoms with E-state index in [1.165, 1.54) is 18.7 Å². The summed E-state index contributed by atoms with van der Waals surface area (Å²) in [5.41, 5.74) is 3.28. The number of aryl methyl sites for hydroxylation is 1. The average Bonchev–Trinajstić information content (AvgIpc) is 3.63. The van der Waals surface area contributed by atoms with Crippen LogP contribution < -0.4 is 20.1 Å². The molecule has 5 aromatic rings. The van der Waals surface area contributed by atoms with Gasteiger partial charge in [0.2, 0.25) is 0 Å². The molecular weight excluding hydrogens is 551 g/mol. The highest BCUT2D eigenvalue weighted by Gasteiger charge is 2.22. The van der Waals surface area contributed by atoms with Crippen LogP contribution in [0.15, 0.2) is 73.2 Å². The Morgan fingerprint density at radius 3 is 2.79 bits per heavy atom. The van der Waals surface area contributed by atoms with Crippen molar-refractivity contribution in [3.05, 3.63) is 78.8 Å². The normalized spacial score (nSPS) is 15.6. The molecule has 1 saturated heterocycles. The van der Waals surface area contributed by atoms with Gasteiger partial charge >= 0.3 is 0 Å². The van der Waals surface area contributed by atoms with Crippen LogP contribution in [0.3, 0.4) is 0 Å². The van der Waals surface area contributed by atoms with Gasteiger partial charge in [-0.1, -0.05) is 0 Å². The second kappa shape index (κ2) is 12.0. The van der Waals surface area contributed by atoms with Gasteiger partial charge in [-0.3, -0.25) is 9.69 Å². The standard InChI is InChI=1S/C31H31FN8O3/c1-4-42-28-16-25-23(15-26(28)38-31(41)24(32)13-21-6-5-10-39(21)3)30(35-17-33-25)37-20-7-8-27(19(2)12-20)43-22-9-11-40-29(14-22)34-18-36-40/h7-9,11-18,21H,4-6,10H2,1-3H3,(H,38,41)(H,33,35,37)/b24-13+/t21-/m0/s1. The van der Waals surface area contributed by atoms with Crippen molar-refractivity contribution < 1.29 is 18.7 Å². The van der Waals surface area contributed by atoms with Gasteiger partial charge in [-0.25, -0.2) is 23.9 Å². The summed E-state index contributed by atoms with van der Waals surface area (Å²) in [7, 11) is 1.92. The number of benzene rings is 2. The van der Waals surface area contributed by atoms with Crippen LogP contribution in [0.2, 0.25) is 0 Å². The number of nitrogens with zero attached hydrogens (tertiary/aromatic N) is 6. The van der Waals surface area contributed by atoms with E-state index in [9.17, 15) is 9.18 Å². The average molecular weight is 583 g/mol. The molecule has 12 heteroatoms. The topological polar surface area (TPSA) is 119 Å². The Labute approximate surface area is 247 Å². The summed E-state index contributed by atoms with van der Waals surface area (Å²) >= 11 is 0. The van der Waals surface area contributed by atoms with E-state index < -0.39 is 11.7 Å². The van der Waals surface area contributed by atoms with E-state index in [1.807, 2.05) is 56.1 Å². The van der Waals surface area contributed by atoms with E-state index >= 15 is 0 Å². The summed E-state index contributed by atoms with van der Waals surface area (Å²) < 4.78 is 28.4. The smallest absolute Gasteiger partial charge is 0.284 e. The largest absolute Gasteiger partial charge is 0.492 e. The van der Waals surface area contributed by atoms with E-state index in [0.717, 1.165) is 30.6 Å². The number of likely N-dealkylation sites (N-methyl/N-ethyl adjacent to an activating group) is 1. The molecule has 220 valence electrons. The van der Waals surface area contributed by atoms with Crippen molar-refractivity contribution in [1.29, 1.82) is 0 Å². The number of amides is 1. The van der Waals surface area contributed by atoms with Crippen molar-refractivity contribution in [3.63, 3.8) is 0 Å². The van der Waals surface area contributed by atoms with E-state index in [-0.39, 0.29) is 6.04 Å².